The number of carbonyl (C=O) groups excluding carboxylic acids is 1. The fraction of sp³-hybridized carbons (Fsp3) is 0.429. The summed E-state index contributed by atoms with van der Waals surface area (Å²) in [5.74, 6) is 1.54. The normalized spacial score (nSPS) is 15.8. The molecule has 5 nitrogen and oxygen atoms in total. The summed E-state index contributed by atoms with van der Waals surface area (Å²) in [6.45, 7) is 3.32. The molecule has 1 aliphatic rings. The van der Waals surface area contributed by atoms with Crippen LogP contribution in [0.1, 0.15) is 29.1 Å². The van der Waals surface area contributed by atoms with Crippen molar-refractivity contribution in [3.63, 3.8) is 0 Å². The van der Waals surface area contributed by atoms with Crippen LogP contribution in [0.4, 0.5) is 0 Å². The van der Waals surface area contributed by atoms with Gasteiger partial charge in [-0.25, -0.2) is 4.98 Å². The highest BCUT2D eigenvalue weighted by atomic mass is 35.5. The molecular weight excluding hydrogens is 310 g/mol. The van der Waals surface area contributed by atoms with Gasteiger partial charge in [-0.3, -0.25) is 4.79 Å². The van der Waals surface area contributed by atoms with Gasteiger partial charge in [0.05, 0.1) is 0 Å². The maximum atomic E-state index is 12.4. The maximum absolute atomic E-state index is 12.4. The standard InChI is InChI=1S/C14H17N3O2S.ClH/c1-9-2-3-12(19-9)13-16-11(8-20-13)14(18)17-6-4-10(15)5-7-17;/h2-3,8,10H,4-7,15H2,1H3;1H. The Balaban J connectivity index is 0.00000161. The first kappa shape index (κ1) is 16.0. The molecule has 2 aromatic rings. The van der Waals surface area contributed by atoms with Gasteiger partial charge in [-0.1, -0.05) is 0 Å². The summed E-state index contributed by atoms with van der Waals surface area (Å²) < 4.78 is 5.53. The zero-order valence-corrected chi connectivity index (χ0v) is 13.4. The molecular formula is C14H18ClN3O2S. The first-order valence-corrected chi connectivity index (χ1v) is 7.58. The van der Waals surface area contributed by atoms with Crippen LogP contribution in [0.2, 0.25) is 0 Å². The SMILES string of the molecule is Cc1ccc(-c2nc(C(=O)N3CCC(N)CC3)cs2)o1.Cl. The molecule has 1 saturated heterocycles. The Kier molecular flexibility index (Phi) is 5.03. The predicted octanol–water partition coefficient (Wildman–Crippen LogP) is 2.70. The van der Waals surface area contributed by atoms with Crippen LogP contribution in [0.15, 0.2) is 21.9 Å². The molecule has 3 heterocycles. The second-order valence-corrected chi connectivity index (χ2v) is 5.94. The predicted molar refractivity (Wildman–Crippen MR) is 84.9 cm³/mol. The lowest BCUT2D eigenvalue weighted by molar-refractivity contribution is 0.0709. The summed E-state index contributed by atoms with van der Waals surface area (Å²) in [5.41, 5.74) is 6.35. The van der Waals surface area contributed by atoms with E-state index in [9.17, 15) is 4.79 Å². The molecule has 2 N–H and O–H groups in total. The topological polar surface area (TPSA) is 72.4 Å². The van der Waals surface area contributed by atoms with Crippen LogP contribution >= 0.6 is 23.7 Å². The van der Waals surface area contributed by atoms with E-state index in [1.54, 1.807) is 5.38 Å². The number of thiazole rings is 1. The van der Waals surface area contributed by atoms with Crippen molar-refractivity contribution in [1.82, 2.24) is 9.88 Å². The lowest BCUT2D eigenvalue weighted by atomic mass is 10.1. The number of hydrogen-bond donors (Lipinski definition) is 1. The van der Waals surface area contributed by atoms with E-state index in [4.69, 9.17) is 10.2 Å². The zero-order chi connectivity index (χ0) is 14.1. The third kappa shape index (κ3) is 3.45. The Morgan fingerprint density at radius 1 is 1.43 bits per heavy atom. The van der Waals surface area contributed by atoms with Crippen LogP contribution in [-0.4, -0.2) is 34.9 Å². The molecule has 1 aliphatic heterocycles. The quantitative estimate of drug-likeness (QED) is 0.920. The van der Waals surface area contributed by atoms with E-state index in [-0.39, 0.29) is 24.4 Å². The molecule has 1 amide bonds. The summed E-state index contributed by atoms with van der Waals surface area (Å²) >= 11 is 1.43. The van der Waals surface area contributed by atoms with Gasteiger partial charge in [0.25, 0.3) is 5.91 Å². The first-order chi connectivity index (χ1) is 9.63. The van der Waals surface area contributed by atoms with E-state index in [1.165, 1.54) is 11.3 Å². The molecule has 3 rings (SSSR count). The molecule has 0 bridgehead atoms. The van der Waals surface area contributed by atoms with Crippen molar-refractivity contribution < 1.29 is 9.21 Å². The molecule has 1 fully saturated rings. The smallest absolute Gasteiger partial charge is 0.273 e. The Morgan fingerprint density at radius 2 is 2.14 bits per heavy atom. The lowest BCUT2D eigenvalue weighted by Gasteiger charge is -2.29. The molecule has 0 radical (unpaired) electrons. The van der Waals surface area contributed by atoms with E-state index >= 15 is 0 Å². The molecule has 0 spiro atoms. The number of halogens is 1. The van der Waals surface area contributed by atoms with Gasteiger partial charge in [0.2, 0.25) is 0 Å². The van der Waals surface area contributed by atoms with Gasteiger partial charge in [0, 0.05) is 24.5 Å². The minimum Gasteiger partial charge on any atom is -0.459 e. The minimum atomic E-state index is -0.0114. The van der Waals surface area contributed by atoms with Crippen LogP contribution in [0.3, 0.4) is 0 Å². The number of amides is 1. The van der Waals surface area contributed by atoms with Crippen LogP contribution < -0.4 is 5.73 Å². The van der Waals surface area contributed by atoms with Gasteiger partial charge >= 0.3 is 0 Å². The number of carbonyl (C=O) groups is 1. The number of aromatic nitrogens is 1. The summed E-state index contributed by atoms with van der Waals surface area (Å²) in [6.07, 6.45) is 1.72. The number of likely N-dealkylation sites (tertiary alicyclic amines) is 1. The molecule has 0 aromatic carbocycles. The molecule has 7 heteroatoms. The Morgan fingerprint density at radius 3 is 2.76 bits per heavy atom. The maximum Gasteiger partial charge on any atom is 0.273 e. The Hall–Kier alpha value is -1.37. The van der Waals surface area contributed by atoms with Crippen molar-refractivity contribution in [3.05, 3.63) is 29.0 Å². The van der Waals surface area contributed by atoms with Gasteiger partial charge in [-0.15, -0.1) is 23.7 Å². The van der Waals surface area contributed by atoms with Crippen molar-refractivity contribution in [2.45, 2.75) is 25.8 Å². The zero-order valence-electron chi connectivity index (χ0n) is 11.7. The number of aryl methyl sites for hydroxylation is 1. The third-order valence-corrected chi connectivity index (χ3v) is 4.36. The second-order valence-electron chi connectivity index (χ2n) is 5.08. The molecule has 0 aliphatic carbocycles. The summed E-state index contributed by atoms with van der Waals surface area (Å²) in [5, 5.41) is 2.54. The number of piperidine rings is 1. The van der Waals surface area contributed by atoms with Crippen LogP contribution in [0, 0.1) is 6.92 Å². The second kappa shape index (κ2) is 6.60. The minimum absolute atomic E-state index is 0. The summed E-state index contributed by atoms with van der Waals surface area (Å²) in [6, 6.07) is 3.99. The van der Waals surface area contributed by atoms with E-state index in [0.717, 1.165) is 23.6 Å². The van der Waals surface area contributed by atoms with Crippen LogP contribution in [0.25, 0.3) is 10.8 Å². The highest BCUT2D eigenvalue weighted by Crippen LogP contribution is 2.26. The van der Waals surface area contributed by atoms with Gasteiger partial charge in [0.15, 0.2) is 10.8 Å². The number of nitrogens with zero attached hydrogens (tertiary/aromatic N) is 2. The highest BCUT2D eigenvalue weighted by molar-refractivity contribution is 7.13. The third-order valence-electron chi connectivity index (χ3n) is 3.50. The van der Waals surface area contributed by atoms with Crippen molar-refractivity contribution in [2.24, 2.45) is 5.73 Å². The van der Waals surface area contributed by atoms with Crippen LogP contribution in [-0.2, 0) is 0 Å². The highest BCUT2D eigenvalue weighted by Gasteiger charge is 2.23. The van der Waals surface area contributed by atoms with Gasteiger partial charge < -0.3 is 15.1 Å². The molecule has 0 unspecified atom stereocenters. The van der Waals surface area contributed by atoms with E-state index in [0.29, 0.717) is 24.5 Å². The lowest BCUT2D eigenvalue weighted by Crippen LogP contribution is -2.42. The van der Waals surface area contributed by atoms with Gasteiger partial charge in [-0.2, -0.15) is 0 Å². The molecule has 0 saturated carbocycles. The summed E-state index contributed by atoms with van der Waals surface area (Å²) in [4.78, 5) is 18.6. The average Bonchev–Trinajstić information content (AvgIpc) is 3.07. The number of rotatable bonds is 2. The fourth-order valence-corrected chi connectivity index (χ4v) is 3.05. The average molecular weight is 328 g/mol. The van der Waals surface area contributed by atoms with E-state index in [1.807, 2.05) is 24.0 Å². The van der Waals surface area contributed by atoms with Crippen molar-refractivity contribution in [3.8, 4) is 10.8 Å². The van der Waals surface area contributed by atoms with Crippen molar-refractivity contribution >= 4 is 29.7 Å². The van der Waals surface area contributed by atoms with Crippen molar-refractivity contribution in [1.29, 1.82) is 0 Å². The Bertz CT molecular complexity index is 617. The number of hydrogen-bond acceptors (Lipinski definition) is 5. The van der Waals surface area contributed by atoms with E-state index < -0.39 is 0 Å². The van der Waals surface area contributed by atoms with Gasteiger partial charge in [0.1, 0.15) is 11.5 Å². The number of nitrogens with two attached hydrogens (primary N) is 1. The largest absolute Gasteiger partial charge is 0.459 e. The number of furan rings is 1. The van der Waals surface area contributed by atoms with Crippen LogP contribution in [0.5, 0.6) is 0 Å². The fourth-order valence-electron chi connectivity index (χ4n) is 2.30. The monoisotopic (exact) mass is 327 g/mol. The first-order valence-electron chi connectivity index (χ1n) is 6.70. The molecule has 0 atom stereocenters. The molecule has 114 valence electrons. The van der Waals surface area contributed by atoms with Gasteiger partial charge in [-0.05, 0) is 31.9 Å². The molecule has 2 aromatic heterocycles. The molecule has 21 heavy (non-hydrogen) atoms. The summed E-state index contributed by atoms with van der Waals surface area (Å²) in [7, 11) is 0. The Labute approximate surface area is 133 Å². The van der Waals surface area contributed by atoms with Crippen molar-refractivity contribution in [2.75, 3.05) is 13.1 Å². The van der Waals surface area contributed by atoms with E-state index in [2.05, 4.69) is 4.98 Å².